The van der Waals surface area contributed by atoms with Crippen molar-refractivity contribution < 1.29 is 28.6 Å². The highest BCUT2D eigenvalue weighted by Gasteiger charge is 2.74. The van der Waals surface area contributed by atoms with E-state index < -0.39 is 39.8 Å². The highest BCUT2D eigenvalue weighted by Crippen LogP contribution is 2.73. The predicted octanol–water partition coefficient (Wildman–Crippen LogP) is 4.47. The zero-order chi connectivity index (χ0) is 24.8. The van der Waals surface area contributed by atoms with Crippen LogP contribution in [-0.4, -0.2) is 34.9 Å². The molecule has 0 bridgehead atoms. The molecule has 4 aliphatic rings. The summed E-state index contributed by atoms with van der Waals surface area (Å²) >= 11 is 0. The van der Waals surface area contributed by atoms with Crippen LogP contribution in [0.4, 0.5) is 0 Å². The van der Waals surface area contributed by atoms with Gasteiger partial charge in [-0.15, -0.1) is 0 Å². The number of furan rings is 1. The lowest BCUT2D eigenvalue weighted by atomic mass is 9.36. The summed E-state index contributed by atoms with van der Waals surface area (Å²) in [5.41, 5.74) is -1.50. The maximum Gasteiger partial charge on any atom is 0.302 e. The Balaban J connectivity index is 1.70. The molecule has 34 heavy (non-hydrogen) atoms. The van der Waals surface area contributed by atoms with Crippen molar-refractivity contribution in [2.75, 3.05) is 0 Å². The van der Waals surface area contributed by atoms with Crippen molar-refractivity contribution in [2.24, 2.45) is 39.4 Å². The van der Waals surface area contributed by atoms with Crippen molar-refractivity contribution in [3.05, 3.63) is 36.3 Å². The van der Waals surface area contributed by atoms with Crippen LogP contribution in [0.1, 0.15) is 72.3 Å². The molecule has 1 aromatic heterocycles. The maximum absolute atomic E-state index is 13.8. The average molecular weight is 469 g/mol. The Kier molecular flexibility index (Phi) is 4.95. The number of ether oxygens (including phenoxy) is 1. The number of carbonyl (C=O) groups is 3. The van der Waals surface area contributed by atoms with Crippen LogP contribution in [0.2, 0.25) is 0 Å². The second kappa shape index (κ2) is 7.16. The molecule has 3 saturated carbocycles. The normalized spacial score (nSPS) is 47.0. The maximum atomic E-state index is 13.8. The summed E-state index contributed by atoms with van der Waals surface area (Å²) in [5.74, 6) is -1.05. The topological polar surface area (TPSA) is 93.8 Å². The molecule has 6 heteroatoms. The van der Waals surface area contributed by atoms with Crippen molar-refractivity contribution in [3.63, 3.8) is 0 Å². The van der Waals surface area contributed by atoms with Gasteiger partial charge in [0, 0.05) is 41.4 Å². The number of rotatable bonds is 2. The Morgan fingerprint density at radius 2 is 1.79 bits per heavy atom. The quantitative estimate of drug-likeness (QED) is 0.644. The molecule has 0 unspecified atom stereocenters. The summed E-state index contributed by atoms with van der Waals surface area (Å²) in [5, 5.41) is 11.8. The molecule has 0 amide bonds. The monoisotopic (exact) mass is 468 g/mol. The number of allylic oxidation sites excluding steroid dienone is 2. The Hall–Kier alpha value is -2.21. The second-order valence-corrected chi connectivity index (χ2v) is 12.4. The molecular formula is C28H36O6. The molecule has 6 nitrogen and oxygen atoms in total. The number of esters is 1. The summed E-state index contributed by atoms with van der Waals surface area (Å²) < 4.78 is 11.4. The van der Waals surface area contributed by atoms with Crippen molar-refractivity contribution in [1.82, 2.24) is 0 Å². The molecule has 4 aliphatic carbocycles. The van der Waals surface area contributed by atoms with Crippen molar-refractivity contribution in [2.45, 2.75) is 78.9 Å². The molecule has 0 aliphatic heterocycles. The van der Waals surface area contributed by atoms with Crippen molar-refractivity contribution in [3.8, 4) is 0 Å². The molecule has 0 radical (unpaired) electrons. The molecule has 0 aromatic carbocycles. The second-order valence-electron chi connectivity index (χ2n) is 12.4. The van der Waals surface area contributed by atoms with Gasteiger partial charge in [0.05, 0.1) is 18.6 Å². The minimum absolute atomic E-state index is 0.0694. The van der Waals surface area contributed by atoms with Gasteiger partial charge in [0.2, 0.25) is 0 Å². The number of carbonyl (C=O) groups excluding carboxylic acids is 3. The van der Waals surface area contributed by atoms with Gasteiger partial charge >= 0.3 is 5.97 Å². The zero-order valence-electron chi connectivity index (χ0n) is 21.0. The Morgan fingerprint density at radius 3 is 2.41 bits per heavy atom. The number of Topliss-reactive ketones (excluding diaryl/α,β-unsaturated/α-hetero) is 1. The van der Waals surface area contributed by atoms with Gasteiger partial charge in [-0.2, -0.15) is 0 Å². The van der Waals surface area contributed by atoms with E-state index in [-0.39, 0.29) is 35.3 Å². The van der Waals surface area contributed by atoms with Crippen molar-refractivity contribution in [1.29, 1.82) is 0 Å². The zero-order valence-corrected chi connectivity index (χ0v) is 21.0. The van der Waals surface area contributed by atoms with Crippen LogP contribution in [0, 0.1) is 39.4 Å². The molecule has 0 spiro atoms. The van der Waals surface area contributed by atoms with Gasteiger partial charge in [-0.05, 0) is 47.8 Å². The molecule has 1 heterocycles. The van der Waals surface area contributed by atoms with Gasteiger partial charge in [-0.1, -0.05) is 40.7 Å². The fourth-order valence-corrected chi connectivity index (χ4v) is 9.03. The smallest absolute Gasteiger partial charge is 0.302 e. The molecule has 3 fully saturated rings. The van der Waals surface area contributed by atoms with E-state index in [0.29, 0.717) is 19.3 Å². The molecule has 1 aromatic rings. The number of hydrogen-bond donors (Lipinski definition) is 1. The van der Waals surface area contributed by atoms with Gasteiger partial charge in [0.25, 0.3) is 0 Å². The van der Waals surface area contributed by atoms with Gasteiger partial charge < -0.3 is 14.3 Å². The van der Waals surface area contributed by atoms with Crippen LogP contribution in [-0.2, 0) is 19.1 Å². The van der Waals surface area contributed by atoms with Crippen LogP contribution in [0.25, 0.3) is 0 Å². The Morgan fingerprint density at radius 1 is 1.09 bits per heavy atom. The van der Waals surface area contributed by atoms with Gasteiger partial charge in [-0.3, -0.25) is 14.4 Å². The summed E-state index contributed by atoms with van der Waals surface area (Å²) in [4.78, 5) is 39.0. The largest absolute Gasteiger partial charge is 0.472 e. The fraction of sp³-hybridized carbons (Fsp3) is 0.679. The summed E-state index contributed by atoms with van der Waals surface area (Å²) in [6.45, 7) is 11.6. The highest BCUT2D eigenvalue weighted by molar-refractivity contribution is 5.96. The lowest BCUT2D eigenvalue weighted by molar-refractivity contribution is -0.238. The van der Waals surface area contributed by atoms with Crippen LogP contribution in [0.15, 0.2) is 35.2 Å². The molecule has 5 rings (SSSR count). The van der Waals surface area contributed by atoms with Crippen molar-refractivity contribution >= 4 is 17.5 Å². The third-order valence-corrected chi connectivity index (χ3v) is 10.6. The van der Waals surface area contributed by atoms with E-state index in [9.17, 15) is 19.5 Å². The summed E-state index contributed by atoms with van der Waals surface area (Å²) in [6.07, 6.45) is 7.07. The first-order valence-electron chi connectivity index (χ1n) is 12.4. The number of fused-ring (bicyclic) bond motifs is 5. The van der Waals surface area contributed by atoms with E-state index in [2.05, 4.69) is 20.8 Å². The summed E-state index contributed by atoms with van der Waals surface area (Å²) in [7, 11) is 0. The highest BCUT2D eigenvalue weighted by atomic mass is 16.5. The first-order chi connectivity index (χ1) is 15.8. The minimum Gasteiger partial charge on any atom is -0.472 e. The van der Waals surface area contributed by atoms with Gasteiger partial charge in [0.15, 0.2) is 5.78 Å². The van der Waals surface area contributed by atoms with E-state index in [4.69, 9.17) is 9.15 Å². The van der Waals surface area contributed by atoms with Crippen LogP contribution < -0.4 is 0 Å². The SMILES string of the molecule is CC(=O)O[C@H]1C[C@@H]2[C@@]3(C)C=CC(=O)C(C)(C)[C@H]3C[C@@H](O)[C@@]2(C)[C@H]2C(=O)C[C@@H](c3ccoc3)[C@@]21C. The van der Waals surface area contributed by atoms with E-state index >= 15 is 0 Å². The number of ketones is 2. The van der Waals surface area contributed by atoms with Crippen LogP contribution >= 0.6 is 0 Å². The molecule has 1 N–H and O–H groups in total. The van der Waals surface area contributed by atoms with E-state index in [1.54, 1.807) is 18.6 Å². The lowest BCUT2D eigenvalue weighted by Crippen LogP contribution is -2.69. The molecular weight excluding hydrogens is 432 g/mol. The standard InChI is InChI=1S/C28H36O6/c1-15(29)34-23-13-20-26(4)9-7-21(31)25(2,3)19(26)12-22(32)28(20,6)24-18(30)11-17(27(23,24)5)16-8-10-33-14-16/h7-10,14,17,19-20,22-24,32H,11-13H2,1-6H3/t17-,19+,20+,22+,23-,24-,26-,27+,28-/m0/s1. The molecule has 0 saturated heterocycles. The van der Waals surface area contributed by atoms with E-state index in [0.717, 1.165) is 5.56 Å². The number of aliphatic hydroxyl groups is 1. The first-order valence-corrected chi connectivity index (χ1v) is 12.4. The Bertz CT molecular complexity index is 1070. The average Bonchev–Trinajstić information content (AvgIpc) is 3.36. The molecule has 184 valence electrons. The molecule has 9 atom stereocenters. The minimum atomic E-state index is -0.746. The van der Waals surface area contributed by atoms with Gasteiger partial charge in [0.1, 0.15) is 11.9 Å². The number of hydrogen-bond acceptors (Lipinski definition) is 6. The predicted molar refractivity (Wildman–Crippen MR) is 125 cm³/mol. The fourth-order valence-electron chi connectivity index (χ4n) is 9.03. The van der Waals surface area contributed by atoms with E-state index in [1.807, 2.05) is 26.0 Å². The van der Waals surface area contributed by atoms with Crippen LogP contribution in [0.3, 0.4) is 0 Å². The lowest BCUT2D eigenvalue weighted by Gasteiger charge is -2.68. The summed E-state index contributed by atoms with van der Waals surface area (Å²) in [6, 6.07) is 1.89. The third-order valence-electron chi connectivity index (χ3n) is 10.6. The van der Waals surface area contributed by atoms with Crippen LogP contribution in [0.5, 0.6) is 0 Å². The van der Waals surface area contributed by atoms with Gasteiger partial charge in [-0.25, -0.2) is 0 Å². The first kappa shape index (κ1) is 23.5. The van der Waals surface area contributed by atoms with E-state index in [1.165, 1.54) is 6.92 Å². The number of aliphatic hydroxyl groups excluding tert-OH is 1. The third kappa shape index (κ3) is 2.75. The Labute approximate surface area is 201 Å².